The Morgan fingerprint density at radius 2 is 2.10 bits per heavy atom. The highest BCUT2D eigenvalue weighted by Gasteiger charge is 2.38. The molecule has 1 unspecified atom stereocenters. The SMILES string of the molecule is COC(CC(=O)O)Cn1nnnc1C(C)(C)S(C)(=O)=O. The maximum atomic E-state index is 11.8. The first-order valence-corrected chi connectivity index (χ1v) is 7.69. The van der Waals surface area contributed by atoms with Gasteiger partial charge in [-0.05, 0) is 24.3 Å². The monoisotopic (exact) mass is 306 g/mol. The molecule has 0 amide bonds. The molecule has 0 aliphatic rings. The van der Waals surface area contributed by atoms with E-state index in [9.17, 15) is 13.2 Å². The first kappa shape index (κ1) is 16.5. The van der Waals surface area contributed by atoms with E-state index >= 15 is 0 Å². The van der Waals surface area contributed by atoms with E-state index in [1.54, 1.807) is 0 Å². The standard InChI is InChI=1S/C10H18N4O5S/c1-10(2,20(4,17)18)9-11-12-13-14(9)6-7(19-3)5-8(15)16/h7H,5-6H2,1-4H3,(H,15,16). The summed E-state index contributed by atoms with van der Waals surface area (Å²) in [6.45, 7) is 3.04. The molecule has 1 N–H and O–H groups in total. The van der Waals surface area contributed by atoms with E-state index in [-0.39, 0.29) is 18.8 Å². The number of rotatable bonds is 7. The van der Waals surface area contributed by atoms with Crippen LogP contribution in [0.15, 0.2) is 0 Å². The van der Waals surface area contributed by atoms with E-state index in [2.05, 4.69) is 15.5 Å². The fraction of sp³-hybridized carbons (Fsp3) is 0.800. The van der Waals surface area contributed by atoms with Crippen LogP contribution in [0, 0.1) is 0 Å². The minimum atomic E-state index is -3.43. The smallest absolute Gasteiger partial charge is 0.306 e. The van der Waals surface area contributed by atoms with Crippen molar-refractivity contribution in [1.29, 1.82) is 0 Å². The molecule has 0 aliphatic heterocycles. The molecule has 0 radical (unpaired) electrons. The maximum absolute atomic E-state index is 11.8. The molecule has 20 heavy (non-hydrogen) atoms. The van der Waals surface area contributed by atoms with Gasteiger partial charge >= 0.3 is 5.97 Å². The van der Waals surface area contributed by atoms with Gasteiger partial charge < -0.3 is 9.84 Å². The number of carboxylic acids is 1. The Balaban J connectivity index is 3.06. The summed E-state index contributed by atoms with van der Waals surface area (Å²) in [5.41, 5.74) is 0. The van der Waals surface area contributed by atoms with Gasteiger partial charge in [0.15, 0.2) is 15.7 Å². The number of carbonyl (C=O) groups is 1. The summed E-state index contributed by atoms with van der Waals surface area (Å²) in [4.78, 5) is 10.7. The molecule has 0 aromatic carbocycles. The molecule has 10 heteroatoms. The van der Waals surface area contributed by atoms with Crippen molar-refractivity contribution in [1.82, 2.24) is 20.2 Å². The van der Waals surface area contributed by atoms with Crippen LogP contribution in [-0.2, 0) is 30.7 Å². The average Bonchev–Trinajstić information content (AvgIpc) is 2.74. The quantitative estimate of drug-likeness (QED) is 0.711. The number of tetrazole rings is 1. The van der Waals surface area contributed by atoms with Crippen molar-refractivity contribution in [2.45, 2.75) is 37.7 Å². The zero-order chi connectivity index (χ0) is 15.6. The van der Waals surface area contributed by atoms with E-state index in [1.807, 2.05) is 0 Å². The van der Waals surface area contributed by atoms with Crippen molar-refractivity contribution in [2.24, 2.45) is 0 Å². The van der Waals surface area contributed by atoms with Crippen LogP contribution >= 0.6 is 0 Å². The first-order chi connectivity index (χ1) is 9.09. The normalized spacial score (nSPS) is 14.2. The fourth-order valence-corrected chi connectivity index (χ4v) is 2.01. The van der Waals surface area contributed by atoms with Gasteiger partial charge in [0.2, 0.25) is 0 Å². The lowest BCUT2D eigenvalue weighted by molar-refractivity contribution is -0.140. The van der Waals surface area contributed by atoms with Crippen molar-refractivity contribution in [3.8, 4) is 0 Å². The van der Waals surface area contributed by atoms with Crippen molar-refractivity contribution in [3.05, 3.63) is 5.82 Å². The second-order valence-corrected chi connectivity index (χ2v) is 7.49. The van der Waals surface area contributed by atoms with E-state index in [4.69, 9.17) is 9.84 Å². The minimum absolute atomic E-state index is 0.0596. The number of aliphatic carboxylic acids is 1. The Morgan fingerprint density at radius 1 is 1.50 bits per heavy atom. The van der Waals surface area contributed by atoms with Crippen molar-refractivity contribution < 1.29 is 23.1 Å². The molecule has 0 fully saturated rings. The molecule has 1 aromatic heterocycles. The number of hydrogen-bond donors (Lipinski definition) is 1. The van der Waals surface area contributed by atoms with Crippen LogP contribution in [0.3, 0.4) is 0 Å². The third-order valence-corrected chi connectivity index (χ3v) is 5.15. The van der Waals surface area contributed by atoms with Crippen molar-refractivity contribution in [3.63, 3.8) is 0 Å². The molecule has 1 heterocycles. The Bertz CT molecular complexity index is 580. The zero-order valence-electron chi connectivity index (χ0n) is 11.8. The summed E-state index contributed by atoms with van der Waals surface area (Å²) in [6.07, 6.45) is 0.219. The topological polar surface area (TPSA) is 124 Å². The molecular weight excluding hydrogens is 288 g/mol. The Kier molecular flexibility index (Phi) is 4.81. The molecular formula is C10H18N4O5S. The van der Waals surface area contributed by atoms with Gasteiger partial charge in [0, 0.05) is 13.4 Å². The molecule has 1 rings (SSSR count). The van der Waals surface area contributed by atoms with Crippen LogP contribution in [0.2, 0.25) is 0 Å². The van der Waals surface area contributed by atoms with E-state index in [0.29, 0.717) is 0 Å². The predicted molar refractivity (Wildman–Crippen MR) is 68.7 cm³/mol. The third kappa shape index (κ3) is 3.51. The second-order valence-electron chi connectivity index (χ2n) is 4.92. The van der Waals surface area contributed by atoms with E-state index in [0.717, 1.165) is 6.26 Å². The van der Waals surface area contributed by atoms with Crippen LogP contribution in [0.1, 0.15) is 26.1 Å². The van der Waals surface area contributed by atoms with Gasteiger partial charge in [-0.3, -0.25) is 4.79 Å². The molecule has 0 bridgehead atoms. The van der Waals surface area contributed by atoms with Crippen LogP contribution < -0.4 is 0 Å². The Hall–Kier alpha value is -1.55. The lowest BCUT2D eigenvalue weighted by Gasteiger charge is -2.22. The number of sulfone groups is 1. The predicted octanol–water partition coefficient (Wildman–Crippen LogP) is -0.557. The molecule has 0 spiro atoms. The summed E-state index contributed by atoms with van der Waals surface area (Å²) in [6, 6.07) is 0. The fourth-order valence-electron chi connectivity index (χ4n) is 1.53. The van der Waals surface area contributed by atoms with E-state index < -0.39 is 26.7 Å². The second kappa shape index (κ2) is 5.83. The first-order valence-electron chi connectivity index (χ1n) is 5.80. The summed E-state index contributed by atoms with van der Waals surface area (Å²) >= 11 is 0. The molecule has 0 saturated heterocycles. The Morgan fingerprint density at radius 3 is 2.55 bits per heavy atom. The van der Waals surface area contributed by atoms with Gasteiger partial charge in [-0.15, -0.1) is 5.10 Å². The van der Waals surface area contributed by atoms with Gasteiger partial charge in [0.05, 0.1) is 19.1 Å². The highest BCUT2D eigenvalue weighted by Crippen LogP contribution is 2.26. The van der Waals surface area contributed by atoms with Gasteiger partial charge in [0.25, 0.3) is 0 Å². The maximum Gasteiger partial charge on any atom is 0.306 e. The molecule has 0 saturated carbocycles. The number of carboxylic acid groups (broad SMARTS) is 1. The van der Waals surface area contributed by atoms with Gasteiger partial charge in [-0.2, -0.15) is 0 Å². The number of ether oxygens (including phenoxy) is 1. The lowest BCUT2D eigenvalue weighted by Crippen LogP contribution is -2.34. The van der Waals surface area contributed by atoms with Crippen LogP contribution in [0.4, 0.5) is 0 Å². The third-order valence-electron chi connectivity index (χ3n) is 3.11. The van der Waals surface area contributed by atoms with Crippen LogP contribution in [-0.4, -0.2) is 59.2 Å². The van der Waals surface area contributed by atoms with Crippen molar-refractivity contribution >= 4 is 15.8 Å². The van der Waals surface area contributed by atoms with Crippen LogP contribution in [0.25, 0.3) is 0 Å². The summed E-state index contributed by atoms with van der Waals surface area (Å²) in [7, 11) is -2.06. The molecule has 1 aromatic rings. The Labute approximate surface area is 116 Å². The van der Waals surface area contributed by atoms with E-state index in [1.165, 1.54) is 25.6 Å². The lowest BCUT2D eigenvalue weighted by atomic mass is 10.2. The molecule has 9 nitrogen and oxygen atoms in total. The number of hydrogen-bond acceptors (Lipinski definition) is 7. The summed E-state index contributed by atoms with van der Waals surface area (Å²) in [5.74, 6) is -0.874. The van der Waals surface area contributed by atoms with Crippen molar-refractivity contribution in [2.75, 3.05) is 13.4 Å². The zero-order valence-corrected chi connectivity index (χ0v) is 12.6. The highest BCUT2D eigenvalue weighted by atomic mass is 32.2. The van der Waals surface area contributed by atoms with Gasteiger partial charge in [-0.1, -0.05) is 0 Å². The molecule has 114 valence electrons. The largest absolute Gasteiger partial charge is 0.481 e. The number of nitrogens with zero attached hydrogens (tertiary/aromatic N) is 4. The summed E-state index contributed by atoms with van der Waals surface area (Å²) in [5, 5.41) is 19.7. The highest BCUT2D eigenvalue weighted by molar-refractivity contribution is 7.91. The van der Waals surface area contributed by atoms with Crippen LogP contribution in [0.5, 0.6) is 0 Å². The average molecular weight is 306 g/mol. The molecule has 0 aliphatic carbocycles. The van der Waals surface area contributed by atoms with Gasteiger partial charge in [0.1, 0.15) is 4.75 Å². The molecule has 1 atom stereocenters. The van der Waals surface area contributed by atoms with Gasteiger partial charge in [-0.25, -0.2) is 13.1 Å². The minimum Gasteiger partial charge on any atom is -0.481 e. The number of aromatic nitrogens is 4. The number of methoxy groups -OCH3 is 1. The summed E-state index contributed by atoms with van der Waals surface area (Å²) < 4.78 is 28.6.